The summed E-state index contributed by atoms with van der Waals surface area (Å²) in [5.74, 6) is -0.456. The predicted molar refractivity (Wildman–Crippen MR) is 126 cm³/mol. The molecule has 1 amide bonds. The van der Waals surface area contributed by atoms with Crippen molar-refractivity contribution in [2.24, 2.45) is 0 Å². The number of ether oxygens (including phenoxy) is 1. The Morgan fingerprint density at radius 1 is 1.19 bits per heavy atom. The Morgan fingerprint density at radius 2 is 1.91 bits per heavy atom. The lowest BCUT2D eigenvalue weighted by Crippen LogP contribution is -2.40. The molecule has 0 aliphatic carbocycles. The van der Waals surface area contributed by atoms with Crippen molar-refractivity contribution in [1.82, 2.24) is 9.29 Å². The number of amides is 1. The van der Waals surface area contributed by atoms with Gasteiger partial charge in [-0.1, -0.05) is 42.8 Å². The third-order valence-electron chi connectivity index (χ3n) is 5.16. The molecule has 3 aromatic rings. The van der Waals surface area contributed by atoms with Crippen LogP contribution in [0.15, 0.2) is 52.7 Å². The van der Waals surface area contributed by atoms with Crippen molar-refractivity contribution < 1.29 is 17.9 Å². The summed E-state index contributed by atoms with van der Waals surface area (Å²) in [6.07, 6.45) is 0.961. The molecule has 2 aromatic carbocycles. The molecule has 32 heavy (non-hydrogen) atoms. The summed E-state index contributed by atoms with van der Waals surface area (Å²) < 4.78 is 32.5. The van der Waals surface area contributed by atoms with Crippen LogP contribution in [0.5, 0.6) is 0 Å². The lowest BCUT2D eigenvalue weighted by Gasteiger charge is -2.26. The fraction of sp³-hybridized carbons (Fsp3) is 0.273. The zero-order chi connectivity index (χ0) is 22.7. The number of anilines is 1. The molecule has 1 N–H and O–H groups in total. The van der Waals surface area contributed by atoms with E-state index < -0.39 is 15.9 Å². The highest BCUT2D eigenvalue weighted by Gasteiger charge is 2.29. The van der Waals surface area contributed by atoms with Crippen molar-refractivity contribution >= 4 is 44.0 Å². The number of hydrogen-bond acceptors (Lipinski definition) is 6. The van der Waals surface area contributed by atoms with Crippen molar-refractivity contribution in [1.29, 1.82) is 0 Å². The van der Waals surface area contributed by atoms with Crippen LogP contribution in [0.25, 0.3) is 11.3 Å². The van der Waals surface area contributed by atoms with Gasteiger partial charge in [-0.3, -0.25) is 10.1 Å². The van der Waals surface area contributed by atoms with Gasteiger partial charge in [0.2, 0.25) is 10.0 Å². The van der Waals surface area contributed by atoms with Gasteiger partial charge in [0.15, 0.2) is 5.13 Å². The van der Waals surface area contributed by atoms with Gasteiger partial charge in [0.1, 0.15) is 4.90 Å². The minimum atomic E-state index is -3.83. The van der Waals surface area contributed by atoms with Crippen LogP contribution in [0.3, 0.4) is 0 Å². The number of nitrogens with one attached hydrogen (secondary N) is 1. The van der Waals surface area contributed by atoms with E-state index in [-0.39, 0.29) is 28.6 Å². The number of rotatable bonds is 6. The Kier molecular flexibility index (Phi) is 6.92. The highest BCUT2D eigenvalue weighted by atomic mass is 35.5. The molecule has 1 aliphatic heterocycles. The Hall–Kier alpha value is -2.30. The number of morpholine rings is 1. The van der Waals surface area contributed by atoms with Crippen LogP contribution >= 0.6 is 22.9 Å². The number of aryl methyl sites for hydroxylation is 1. The molecule has 1 aliphatic rings. The number of hydrogen-bond donors (Lipinski definition) is 1. The SMILES string of the molecule is CCc1ccc(-c2csc(NC(=O)c3ccc(Cl)c(S(=O)(=O)N4CCOCC4)c3)n2)cc1. The molecule has 0 atom stereocenters. The second-order valence-corrected chi connectivity index (χ2v) is 10.4. The van der Waals surface area contributed by atoms with Crippen molar-refractivity contribution in [3.8, 4) is 11.3 Å². The van der Waals surface area contributed by atoms with Gasteiger partial charge >= 0.3 is 0 Å². The maximum atomic E-state index is 13.0. The minimum Gasteiger partial charge on any atom is -0.379 e. The molecule has 4 rings (SSSR count). The van der Waals surface area contributed by atoms with E-state index in [2.05, 4.69) is 29.4 Å². The van der Waals surface area contributed by atoms with E-state index in [0.717, 1.165) is 17.7 Å². The Balaban J connectivity index is 1.53. The highest BCUT2D eigenvalue weighted by molar-refractivity contribution is 7.89. The predicted octanol–water partition coefficient (Wildman–Crippen LogP) is 4.30. The minimum absolute atomic E-state index is 0.0695. The van der Waals surface area contributed by atoms with Crippen molar-refractivity contribution in [3.63, 3.8) is 0 Å². The number of benzene rings is 2. The van der Waals surface area contributed by atoms with Crippen molar-refractivity contribution in [2.75, 3.05) is 31.6 Å². The Labute approximate surface area is 196 Å². The fourth-order valence-electron chi connectivity index (χ4n) is 3.31. The average Bonchev–Trinajstić information content (AvgIpc) is 3.28. The van der Waals surface area contributed by atoms with Crippen LogP contribution in [0.4, 0.5) is 5.13 Å². The Bertz CT molecular complexity index is 1220. The molecule has 10 heteroatoms. The molecular weight excluding hydrogens is 470 g/mol. The van der Waals surface area contributed by atoms with E-state index in [0.29, 0.717) is 18.3 Å². The van der Waals surface area contributed by atoms with Crippen LogP contribution in [0, 0.1) is 0 Å². The van der Waals surface area contributed by atoms with Crippen molar-refractivity contribution in [3.05, 3.63) is 64.0 Å². The summed E-state index contributed by atoms with van der Waals surface area (Å²) in [6.45, 7) is 3.24. The zero-order valence-electron chi connectivity index (χ0n) is 17.4. The summed E-state index contributed by atoms with van der Waals surface area (Å²) in [7, 11) is -3.83. The van der Waals surface area contributed by atoms with Crippen LogP contribution in [0.1, 0.15) is 22.8 Å². The maximum absolute atomic E-state index is 13.0. The first-order valence-electron chi connectivity index (χ1n) is 10.1. The molecule has 0 bridgehead atoms. The van der Waals surface area contributed by atoms with E-state index in [1.165, 1.54) is 39.4 Å². The molecule has 2 heterocycles. The van der Waals surface area contributed by atoms with Gasteiger partial charge in [-0.2, -0.15) is 4.31 Å². The lowest BCUT2D eigenvalue weighted by molar-refractivity contribution is 0.0730. The molecule has 0 saturated carbocycles. The Morgan fingerprint density at radius 3 is 2.59 bits per heavy atom. The van der Waals surface area contributed by atoms with E-state index >= 15 is 0 Å². The molecule has 0 unspecified atom stereocenters. The standard InChI is InChI=1S/C22H22ClN3O4S2/c1-2-15-3-5-16(6-4-15)19-14-31-22(24-19)25-21(27)17-7-8-18(23)20(13-17)32(28,29)26-9-11-30-12-10-26/h3-8,13-14H,2,9-12H2,1H3,(H,24,25,27). The molecule has 0 radical (unpaired) electrons. The van der Waals surface area contributed by atoms with Gasteiger partial charge in [-0.25, -0.2) is 13.4 Å². The smallest absolute Gasteiger partial charge is 0.257 e. The van der Waals surface area contributed by atoms with Crippen molar-refractivity contribution in [2.45, 2.75) is 18.2 Å². The first-order chi connectivity index (χ1) is 15.4. The second-order valence-electron chi connectivity index (χ2n) is 7.20. The number of aromatic nitrogens is 1. The summed E-state index contributed by atoms with van der Waals surface area (Å²) >= 11 is 7.48. The quantitative estimate of drug-likeness (QED) is 0.555. The summed E-state index contributed by atoms with van der Waals surface area (Å²) in [5.41, 5.74) is 3.15. The zero-order valence-corrected chi connectivity index (χ0v) is 19.8. The van der Waals surface area contributed by atoms with E-state index in [9.17, 15) is 13.2 Å². The number of halogens is 1. The average molecular weight is 492 g/mol. The first kappa shape index (κ1) is 22.9. The van der Waals surface area contributed by atoms with E-state index in [1.54, 1.807) is 0 Å². The normalized spacial score (nSPS) is 14.9. The van der Waals surface area contributed by atoms with Gasteiger partial charge in [-0.15, -0.1) is 11.3 Å². The molecule has 0 spiro atoms. The fourth-order valence-corrected chi connectivity index (χ4v) is 5.94. The van der Waals surface area contributed by atoms with Crippen LogP contribution in [-0.4, -0.2) is 49.9 Å². The lowest BCUT2D eigenvalue weighted by atomic mass is 10.1. The summed E-state index contributed by atoms with van der Waals surface area (Å²) in [5, 5.41) is 5.11. The molecule has 168 valence electrons. The van der Waals surface area contributed by atoms with Gasteiger partial charge < -0.3 is 4.74 Å². The molecule has 1 saturated heterocycles. The molecule has 1 fully saturated rings. The molecular formula is C22H22ClN3O4S2. The highest BCUT2D eigenvalue weighted by Crippen LogP contribution is 2.28. The molecule has 1 aromatic heterocycles. The van der Waals surface area contributed by atoms with Crippen LogP contribution < -0.4 is 5.32 Å². The first-order valence-corrected chi connectivity index (χ1v) is 12.8. The number of thiazole rings is 1. The van der Waals surface area contributed by atoms with Crippen LogP contribution in [0.2, 0.25) is 5.02 Å². The van der Waals surface area contributed by atoms with Crippen LogP contribution in [-0.2, 0) is 21.2 Å². The third kappa shape index (κ3) is 4.87. The number of carbonyl (C=O) groups excluding carboxylic acids is 1. The topological polar surface area (TPSA) is 88.6 Å². The largest absolute Gasteiger partial charge is 0.379 e. The monoisotopic (exact) mass is 491 g/mol. The summed E-state index contributed by atoms with van der Waals surface area (Å²) in [4.78, 5) is 17.2. The third-order valence-corrected chi connectivity index (χ3v) is 8.30. The summed E-state index contributed by atoms with van der Waals surface area (Å²) in [6, 6.07) is 12.3. The number of sulfonamides is 1. The number of carbonyl (C=O) groups is 1. The van der Waals surface area contributed by atoms with E-state index in [4.69, 9.17) is 16.3 Å². The number of nitrogens with zero attached hydrogens (tertiary/aromatic N) is 2. The maximum Gasteiger partial charge on any atom is 0.257 e. The molecule has 7 nitrogen and oxygen atoms in total. The second kappa shape index (κ2) is 9.68. The van der Waals surface area contributed by atoms with E-state index in [1.807, 2.05) is 17.5 Å². The van der Waals surface area contributed by atoms with Gasteiger partial charge in [0, 0.05) is 29.6 Å². The van der Waals surface area contributed by atoms with Gasteiger partial charge in [0.05, 0.1) is 23.9 Å². The van der Waals surface area contributed by atoms with Gasteiger partial charge in [0.25, 0.3) is 5.91 Å². The van der Waals surface area contributed by atoms with Gasteiger partial charge in [-0.05, 0) is 30.2 Å².